The summed E-state index contributed by atoms with van der Waals surface area (Å²) in [6.45, 7) is 5.93. The van der Waals surface area contributed by atoms with E-state index in [0.29, 0.717) is 0 Å². The minimum absolute atomic E-state index is 0.719. The molecule has 0 saturated carbocycles. The van der Waals surface area contributed by atoms with Crippen molar-refractivity contribution >= 4 is 0 Å². The first-order chi connectivity index (χ1) is 6.84. The fourth-order valence-electron chi connectivity index (χ4n) is 1.13. The van der Waals surface area contributed by atoms with E-state index < -0.39 is 0 Å². The van der Waals surface area contributed by atoms with E-state index in [-0.39, 0.29) is 0 Å². The van der Waals surface area contributed by atoms with Crippen molar-refractivity contribution in [2.45, 2.75) is 13.0 Å². The van der Waals surface area contributed by atoms with Crippen LogP contribution in [0.2, 0.25) is 0 Å². The highest BCUT2D eigenvalue weighted by atomic mass is 16.5. The van der Waals surface area contributed by atoms with Crippen molar-refractivity contribution in [2.75, 3.05) is 13.2 Å². The van der Waals surface area contributed by atoms with Gasteiger partial charge in [-0.25, -0.2) is 4.98 Å². The minimum Gasteiger partial charge on any atom is -0.502 e. The molecule has 0 fully saturated rings. The van der Waals surface area contributed by atoms with Crippen LogP contribution in [-0.2, 0) is 18.3 Å². The molecule has 0 aromatic carbocycles. The molecular formula is C10H17N3O. The van der Waals surface area contributed by atoms with Gasteiger partial charge in [0.15, 0.2) is 0 Å². The Morgan fingerprint density at radius 3 is 3.21 bits per heavy atom. The molecule has 0 radical (unpaired) electrons. The van der Waals surface area contributed by atoms with Crippen LogP contribution >= 0.6 is 0 Å². The third-order valence-electron chi connectivity index (χ3n) is 1.94. The van der Waals surface area contributed by atoms with E-state index in [4.69, 9.17) is 4.74 Å². The second-order valence-corrected chi connectivity index (χ2v) is 3.02. The van der Waals surface area contributed by atoms with E-state index in [1.807, 2.05) is 17.8 Å². The number of imidazole rings is 1. The lowest BCUT2D eigenvalue weighted by molar-refractivity contribution is 0.244. The summed E-state index contributed by atoms with van der Waals surface area (Å²) in [6, 6.07) is 0. The maximum absolute atomic E-state index is 5.00. The van der Waals surface area contributed by atoms with Crippen molar-refractivity contribution in [1.29, 1.82) is 0 Å². The summed E-state index contributed by atoms with van der Waals surface area (Å²) >= 11 is 0. The Bertz CT molecular complexity index is 270. The molecule has 4 nitrogen and oxygen atoms in total. The largest absolute Gasteiger partial charge is 0.502 e. The average Bonchev–Trinajstić information content (AvgIpc) is 2.58. The lowest BCUT2D eigenvalue weighted by Crippen LogP contribution is -2.18. The standard InChI is InChI=1S/C10H17N3O/c1-3-14-8-4-5-11-9-10-12-6-7-13(10)2/h3,6-7,11H,1,4-5,8-9H2,2H3. The molecule has 1 aromatic heterocycles. The third-order valence-corrected chi connectivity index (χ3v) is 1.94. The smallest absolute Gasteiger partial charge is 0.122 e. The zero-order chi connectivity index (χ0) is 10.2. The lowest BCUT2D eigenvalue weighted by Gasteiger charge is -2.04. The SMILES string of the molecule is C=COCCCNCc1nccn1C. The Labute approximate surface area is 84.6 Å². The van der Waals surface area contributed by atoms with Crippen LogP contribution in [0.4, 0.5) is 0 Å². The highest BCUT2D eigenvalue weighted by molar-refractivity contribution is 4.90. The van der Waals surface area contributed by atoms with Gasteiger partial charge in [-0.3, -0.25) is 0 Å². The van der Waals surface area contributed by atoms with Gasteiger partial charge in [-0.2, -0.15) is 0 Å². The van der Waals surface area contributed by atoms with Crippen molar-refractivity contribution in [1.82, 2.24) is 14.9 Å². The summed E-state index contributed by atoms with van der Waals surface area (Å²) < 4.78 is 7.00. The van der Waals surface area contributed by atoms with Gasteiger partial charge in [-0.1, -0.05) is 6.58 Å². The molecule has 14 heavy (non-hydrogen) atoms. The number of rotatable bonds is 7. The number of ether oxygens (including phenoxy) is 1. The van der Waals surface area contributed by atoms with Gasteiger partial charge in [0.2, 0.25) is 0 Å². The molecule has 0 unspecified atom stereocenters. The maximum Gasteiger partial charge on any atom is 0.122 e. The molecule has 4 heteroatoms. The lowest BCUT2D eigenvalue weighted by atomic mass is 10.4. The van der Waals surface area contributed by atoms with Gasteiger partial charge < -0.3 is 14.6 Å². The number of nitrogens with one attached hydrogen (secondary N) is 1. The topological polar surface area (TPSA) is 39.1 Å². The van der Waals surface area contributed by atoms with Crippen LogP contribution < -0.4 is 5.32 Å². The van der Waals surface area contributed by atoms with Crippen molar-refractivity contribution in [3.8, 4) is 0 Å². The highest BCUT2D eigenvalue weighted by Crippen LogP contribution is 1.92. The zero-order valence-electron chi connectivity index (χ0n) is 8.57. The molecule has 0 atom stereocenters. The first-order valence-electron chi connectivity index (χ1n) is 4.74. The average molecular weight is 195 g/mol. The summed E-state index contributed by atoms with van der Waals surface area (Å²) in [5.74, 6) is 1.05. The zero-order valence-corrected chi connectivity index (χ0v) is 8.57. The van der Waals surface area contributed by atoms with Gasteiger partial charge in [-0.05, 0) is 13.0 Å². The number of aromatic nitrogens is 2. The quantitative estimate of drug-likeness (QED) is 0.522. The van der Waals surface area contributed by atoms with E-state index in [0.717, 1.165) is 31.9 Å². The van der Waals surface area contributed by atoms with Crippen LogP contribution in [0.3, 0.4) is 0 Å². The van der Waals surface area contributed by atoms with Crippen LogP contribution in [0.5, 0.6) is 0 Å². The summed E-state index contributed by atoms with van der Waals surface area (Å²) in [5.41, 5.74) is 0. The molecular weight excluding hydrogens is 178 g/mol. The van der Waals surface area contributed by atoms with Gasteiger partial charge in [0.05, 0.1) is 19.4 Å². The number of hydrogen-bond acceptors (Lipinski definition) is 3. The van der Waals surface area contributed by atoms with Crippen LogP contribution in [0.15, 0.2) is 25.2 Å². The van der Waals surface area contributed by atoms with Crippen molar-refractivity contribution < 1.29 is 4.74 Å². The highest BCUT2D eigenvalue weighted by Gasteiger charge is 1.96. The van der Waals surface area contributed by atoms with Gasteiger partial charge in [0.1, 0.15) is 5.82 Å². The minimum atomic E-state index is 0.719. The Morgan fingerprint density at radius 1 is 1.71 bits per heavy atom. The normalized spacial score (nSPS) is 10.1. The molecule has 1 rings (SSSR count). The number of aryl methyl sites for hydroxylation is 1. The molecule has 0 aliphatic carbocycles. The molecule has 0 amide bonds. The predicted octanol–water partition coefficient (Wildman–Crippen LogP) is 1.06. The van der Waals surface area contributed by atoms with Gasteiger partial charge in [-0.15, -0.1) is 0 Å². The van der Waals surface area contributed by atoms with Gasteiger partial charge >= 0.3 is 0 Å². The molecule has 1 aromatic rings. The summed E-state index contributed by atoms with van der Waals surface area (Å²) in [7, 11) is 1.99. The van der Waals surface area contributed by atoms with Gasteiger partial charge in [0.25, 0.3) is 0 Å². The molecule has 0 bridgehead atoms. The Hall–Kier alpha value is -1.29. The van der Waals surface area contributed by atoms with Gasteiger partial charge in [0, 0.05) is 19.4 Å². The van der Waals surface area contributed by atoms with E-state index in [9.17, 15) is 0 Å². The maximum atomic E-state index is 5.00. The van der Waals surface area contributed by atoms with Crippen LogP contribution in [0, 0.1) is 0 Å². The van der Waals surface area contributed by atoms with E-state index >= 15 is 0 Å². The van der Waals surface area contributed by atoms with Crippen LogP contribution in [0.25, 0.3) is 0 Å². The fourth-order valence-corrected chi connectivity index (χ4v) is 1.13. The Morgan fingerprint density at radius 2 is 2.57 bits per heavy atom. The third kappa shape index (κ3) is 3.62. The van der Waals surface area contributed by atoms with E-state index in [1.54, 1.807) is 6.20 Å². The van der Waals surface area contributed by atoms with E-state index in [2.05, 4.69) is 16.9 Å². The molecule has 1 N–H and O–H groups in total. The summed E-state index contributed by atoms with van der Waals surface area (Å²) in [5, 5.41) is 3.29. The second-order valence-electron chi connectivity index (χ2n) is 3.02. The summed E-state index contributed by atoms with van der Waals surface area (Å²) in [4.78, 5) is 4.20. The van der Waals surface area contributed by atoms with Crippen LogP contribution in [0.1, 0.15) is 12.2 Å². The molecule has 78 valence electrons. The molecule has 0 aliphatic rings. The van der Waals surface area contributed by atoms with Crippen molar-refractivity contribution in [2.24, 2.45) is 7.05 Å². The predicted molar refractivity (Wildman–Crippen MR) is 55.7 cm³/mol. The Balaban J connectivity index is 2.04. The van der Waals surface area contributed by atoms with Crippen LogP contribution in [-0.4, -0.2) is 22.7 Å². The molecule has 0 spiro atoms. The van der Waals surface area contributed by atoms with Crippen molar-refractivity contribution in [3.05, 3.63) is 31.1 Å². The molecule has 1 heterocycles. The van der Waals surface area contributed by atoms with E-state index in [1.165, 1.54) is 6.26 Å². The Kier molecular flexibility index (Phi) is 4.78. The summed E-state index contributed by atoms with van der Waals surface area (Å²) in [6.07, 6.45) is 6.20. The number of hydrogen-bond donors (Lipinski definition) is 1. The van der Waals surface area contributed by atoms with Crippen molar-refractivity contribution in [3.63, 3.8) is 0 Å². The second kappa shape index (κ2) is 6.21. The number of nitrogens with zero attached hydrogens (tertiary/aromatic N) is 2. The first-order valence-corrected chi connectivity index (χ1v) is 4.74. The molecule has 0 aliphatic heterocycles. The monoisotopic (exact) mass is 195 g/mol. The first kappa shape index (κ1) is 10.8. The fraction of sp³-hybridized carbons (Fsp3) is 0.500. The molecule has 0 saturated heterocycles.